The molecule has 2 heterocycles. The van der Waals surface area contributed by atoms with Crippen LogP contribution >= 0.6 is 11.3 Å². The summed E-state index contributed by atoms with van der Waals surface area (Å²) < 4.78 is 5.97. The molecule has 0 saturated heterocycles. The molecule has 0 unspecified atom stereocenters. The summed E-state index contributed by atoms with van der Waals surface area (Å²) >= 11 is 1.59. The molecule has 0 atom stereocenters. The predicted molar refractivity (Wildman–Crippen MR) is 86.0 cm³/mol. The molecular formula is C15H16N4OS. The van der Waals surface area contributed by atoms with Crippen molar-refractivity contribution in [1.29, 1.82) is 0 Å². The number of fused-ring (bicyclic) bond motifs is 1. The third-order valence-electron chi connectivity index (χ3n) is 3.02. The molecular weight excluding hydrogens is 284 g/mol. The Morgan fingerprint density at radius 2 is 1.76 bits per heavy atom. The number of hydrogen-bond donors (Lipinski definition) is 2. The van der Waals surface area contributed by atoms with Gasteiger partial charge in [-0.05, 0) is 50.1 Å². The van der Waals surface area contributed by atoms with Gasteiger partial charge in [0.2, 0.25) is 11.8 Å². The van der Waals surface area contributed by atoms with E-state index in [9.17, 15) is 0 Å². The molecule has 3 rings (SSSR count). The molecule has 108 valence electrons. The zero-order chi connectivity index (χ0) is 15.0. The van der Waals surface area contributed by atoms with Crippen LogP contribution in [0.5, 0.6) is 11.6 Å². The molecule has 3 N–H and O–H groups in total. The molecule has 5 nitrogen and oxygen atoms in total. The number of nitrogens with two attached hydrogens (primary N) is 1. The van der Waals surface area contributed by atoms with Gasteiger partial charge in [0.15, 0.2) is 0 Å². The van der Waals surface area contributed by atoms with Crippen LogP contribution in [0.2, 0.25) is 0 Å². The Hall–Kier alpha value is -2.18. The molecule has 0 aliphatic carbocycles. The SMILES string of the molecule is Cc1cc(C)cc(Oc2nc(NN)nc3sc(C)cc23)c1. The first kappa shape index (κ1) is 13.8. The molecule has 6 heteroatoms. The second-order valence-electron chi connectivity index (χ2n) is 5.00. The van der Waals surface area contributed by atoms with Crippen LogP contribution < -0.4 is 16.0 Å². The lowest BCUT2D eigenvalue weighted by Gasteiger charge is -2.09. The highest BCUT2D eigenvalue weighted by Crippen LogP contribution is 2.33. The Labute approximate surface area is 126 Å². The second kappa shape index (κ2) is 5.31. The first-order chi connectivity index (χ1) is 10.0. The van der Waals surface area contributed by atoms with Gasteiger partial charge in [-0.3, -0.25) is 5.43 Å². The van der Waals surface area contributed by atoms with Crippen LogP contribution in [-0.2, 0) is 0 Å². The minimum atomic E-state index is 0.351. The van der Waals surface area contributed by atoms with Crippen LogP contribution in [0.1, 0.15) is 16.0 Å². The molecule has 0 radical (unpaired) electrons. The number of nitrogens with zero attached hydrogens (tertiary/aromatic N) is 2. The van der Waals surface area contributed by atoms with E-state index in [2.05, 4.69) is 21.5 Å². The molecule has 0 bridgehead atoms. The summed E-state index contributed by atoms with van der Waals surface area (Å²) in [6.45, 7) is 6.11. The number of aromatic nitrogens is 2. The van der Waals surface area contributed by atoms with Gasteiger partial charge in [0.25, 0.3) is 0 Å². The van der Waals surface area contributed by atoms with Crippen LogP contribution in [-0.4, -0.2) is 9.97 Å². The van der Waals surface area contributed by atoms with Gasteiger partial charge in [-0.2, -0.15) is 4.98 Å². The Morgan fingerprint density at radius 3 is 2.43 bits per heavy atom. The minimum Gasteiger partial charge on any atom is -0.438 e. The summed E-state index contributed by atoms with van der Waals surface area (Å²) in [7, 11) is 0. The number of benzene rings is 1. The molecule has 3 aromatic rings. The molecule has 0 spiro atoms. The highest BCUT2D eigenvalue weighted by Gasteiger charge is 2.12. The van der Waals surface area contributed by atoms with Gasteiger partial charge in [0.1, 0.15) is 10.6 Å². The topological polar surface area (TPSA) is 73.1 Å². The molecule has 0 aliphatic rings. The number of thiophene rings is 1. The van der Waals surface area contributed by atoms with Gasteiger partial charge < -0.3 is 4.74 Å². The largest absolute Gasteiger partial charge is 0.438 e. The molecule has 0 fully saturated rings. The van der Waals surface area contributed by atoms with Crippen LogP contribution in [0, 0.1) is 20.8 Å². The predicted octanol–water partition coefficient (Wildman–Crippen LogP) is 3.69. The second-order valence-corrected chi connectivity index (χ2v) is 6.23. The Balaban J connectivity index is 2.10. The summed E-state index contributed by atoms with van der Waals surface area (Å²) in [5, 5.41) is 0.899. The van der Waals surface area contributed by atoms with Gasteiger partial charge in [0.05, 0.1) is 5.39 Å². The van der Waals surface area contributed by atoms with Crippen LogP contribution in [0.3, 0.4) is 0 Å². The average molecular weight is 300 g/mol. The maximum absolute atomic E-state index is 5.97. The standard InChI is InChI=1S/C15H16N4OS/c1-8-4-9(2)6-11(5-8)20-13-12-7-10(3)21-14(12)18-15(17-13)19-16/h4-7H,16H2,1-3H3,(H,17,18,19). The van der Waals surface area contributed by atoms with Crippen molar-refractivity contribution in [3.05, 3.63) is 40.3 Å². The molecule has 0 saturated carbocycles. The number of rotatable bonds is 3. The van der Waals surface area contributed by atoms with E-state index in [1.807, 2.05) is 39.0 Å². The zero-order valence-electron chi connectivity index (χ0n) is 12.1. The molecule has 21 heavy (non-hydrogen) atoms. The van der Waals surface area contributed by atoms with Gasteiger partial charge in [-0.25, -0.2) is 10.8 Å². The van der Waals surface area contributed by atoms with Gasteiger partial charge in [-0.1, -0.05) is 6.07 Å². The number of nitrogens with one attached hydrogen (secondary N) is 1. The van der Waals surface area contributed by atoms with E-state index in [-0.39, 0.29) is 0 Å². The van der Waals surface area contributed by atoms with Crippen molar-refractivity contribution in [2.45, 2.75) is 20.8 Å². The Kier molecular flexibility index (Phi) is 3.48. The van der Waals surface area contributed by atoms with Crippen molar-refractivity contribution in [3.63, 3.8) is 0 Å². The Bertz CT molecular complexity index is 793. The van der Waals surface area contributed by atoms with E-state index >= 15 is 0 Å². The molecule has 2 aromatic heterocycles. The number of hydrogen-bond acceptors (Lipinski definition) is 6. The van der Waals surface area contributed by atoms with E-state index < -0.39 is 0 Å². The first-order valence-corrected chi connectivity index (χ1v) is 7.38. The van der Waals surface area contributed by atoms with E-state index in [1.165, 1.54) is 0 Å². The third-order valence-corrected chi connectivity index (χ3v) is 3.96. The quantitative estimate of drug-likeness (QED) is 0.570. The normalized spacial score (nSPS) is 10.9. The average Bonchev–Trinajstić information content (AvgIpc) is 2.78. The fourth-order valence-corrected chi connectivity index (χ4v) is 3.13. The summed E-state index contributed by atoms with van der Waals surface area (Å²) in [4.78, 5) is 10.7. The number of ether oxygens (including phenoxy) is 1. The zero-order valence-corrected chi connectivity index (χ0v) is 12.9. The van der Waals surface area contributed by atoms with E-state index in [0.717, 1.165) is 32.0 Å². The number of anilines is 1. The van der Waals surface area contributed by atoms with Crippen molar-refractivity contribution in [2.75, 3.05) is 5.43 Å². The minimum absolute atomic E-state index is 0.351. The molecule has 0 amide bonds. The highest BCUT2D eigenvalue weighted by atomic mass is 32.1. The smallest absolute Gasteiger partial charge is 0.241 e. The summed E-state index contributed by atoms with van der Waals surface area (Å²) in [5.74, 6) is 7.06. The fourth-order valence-electron chi connectivity index (χ4n) is 2.26. The fraction of sp³-hybridized carbons (Fsp3) is 0.200. The van der Waals surface area contributed by atoms with Crippen molar-refractivity contribution >= 4 is 27.5 Å². The van der Waals surface area contributed by atoms with Gasteiger partial charge in [-0.15, -0.1) is 11.3 Å². The lowest BCUT2D eigenvalue weighted by molar-refractivity contribution is 0.468. The lowest BCUT2D eigenvalue weighted by Crippen LogP contribution is -2.10. The number of aryl methyl sites for hydroxylation is 3. The Morgan fingerprint density at radius 1 is 1.05 bits per heavy atom. The summed E-state index contributed by atoms with van der Waals surface area (Å²) in [6.07, 6.45) is 0. The molecule has 1 aromatic carbocycles. The van der Waals surface area contributed by atoms with Crippen LogP contribution in [0.25, 0.3) is 10.2 Å². The maximum atomic E-state index is 5.97. The van der Waals surface area contributed by atoms with Crippen molar-refractivity contribution in [1.82, 2.24) is 9.97 Å². The van der Waals surface area contributed by atoms with Crippen molar-refractivity contribution in [2.24, 2.45) is 5.84 Å². The van der Waals surface area contributed by atoms with Crippen LogP contribution in [0.4, 0.5) is 5.95 Å². The maximum Gasteiger partial charge on any atom is 0.241 e. The van der Waals surface area contributed by atoms with Crippen molar-refractivity contribution < 1.29 is 4.74 Å². The van der Waals surface area contributed by atoms with E-state index in [1.54, 1.807) is 11.3 Å². The number of hydrazine groups is 1. The summed E-state index contributed by atoms with van der Waals surface area (Å²) in [5.41, 5.74) is 4.78. The van der Waals surface area contributed by atoms with Crippen LogP contribution in [0.15, 0.2) is 24.3 Å². The number of nitrogen functional groups attached to an aromatic ring is 1. The summed E-state index contributed by atoms with van der Waals surface area (Å²) in [6, 6.07) is 8.09. The van der Waals surface area contributed by atoms with E-state index in [4.69, 9.17) is 10.6 Å². The van der Waals surface area contributed by atoms with Gasteiger partial charge in [0, 0.05) is 4.88 Å². The van der Waals surface area contributed by atoms with Gasteiger partial charge >= 0.3 is 0 Å². The van der Waals surface area contributed by atoms with E-state index in [0.29, 0.717) is 11.8 Å². The monoisotopic (exact) mass is 300 g/mol. The highest BCUT2D eigenvalue weighted by molar-refractivity contribution is 7.18. The first-order valence-electron chi connectivity index (χ1n) is 6.56. The molecule has 0 aliphatic heterocycles. The third kappa shape index (κ3) is 2.81. The lowest BCUT2D eigenvalue weighted by atomic mass is 10.1. The van der Waals surface area contributed by atoms with Crippen molar-refractivity contribution in [3.8, 4) is 11.6 Å².